The number of aliphatic imine (C=N–C) groups is 1. The summed E-state index contributed by atoms with van der Waals surface area (Å²) in [6.45, 7) is 10.7. The van der Waals surface area contributed by atoms with Gasteiger partial charge in [-0.05, 0) is 51.2 Å². The lowest BCUT2D eigenvalue weighted by atomic mass is 10.0. The van der Waals surface area contributed by atoms with E-state index in [2.05, 4.69) is 41.6 Å². The van der Waals surface area contributed by atoms with Crippen LogP contribution in [0.5, 0.6) is 5.75 Å². The fourth-order valence-corrected chi connectivity index (χ4v) is 2.97. The van der Waals surface area contributed by atoms with Gasteiger partial charge >= 0.3 is 0 Å². The number of hydrogen-bond donors (Lipinski definition) is 2. The first-order valence-electron chi connectivity index (χ1n) is 10.6. The number of benzene rings is 1. The Balaban J connectivity index is 1.52. The Bertz CT molecular complexity index is 542. The van der Waals surface area contributed by atoms with Gasteiger partial charge in [-0.2, -0.15) is 0 Å². The first-order valence-corrected chi connectivity index (χ1v) is 10.6. The van der Waals surface area contributed by atoms with Crippen molar-refractivity contribution in [2.45, 2.75) is 39.5 Å². The Morgan fingerprint density at radius 1 is 1.11 bits per heavy atom. The van der Waals surface area contributed by atoms with Crippen molar-refractivity contribution in [1.29, 1.82) is 0 Å². The second kappa shape index (κ2) is 14.2. The second-order valence-electron chi connectivity index (χ2n) is 7.19. The molecular weight excluding hydrogens is 354 g/mol. The number of guanidine groups is 1. The van der Waals surface area contributed by atoms with Crippen molar-refractivity contribution in [3.8, 4) is 5.75 Å². The molecule has 158 valence electrons. The molecule has 1 aromatic carbocycles. The molecule has 0 spiro atoms. The standard InChI is InChI=1S/C22H37N3O3/c1-3-23-22(24-12-4-14-27-18-20-10-16-26-17-11-20)25-13-5-15-28-21-8-6-19(2)7-9-21/h6-9,20H,3-5,10-18H2,1-2H3,(H2,23,24,25). The van der Waals surface area contributed by atoms with E-state index in [0.717, 1.165) is 83.5 Å². The zero-order valence-electron chi connectivity index (χ0n) is 17.5. The van der Waals surface area contributed by atoms with E-state index in [1.165, 1.54) is 5.56 Å². The minimum Gasteiger partial charge on any atom is -0.494 e. The van der Waals surface area contributed by atoms with Crippen LogP contribution in [0, 0.1) is 12.8 Å². The normalized spacial score (nSPS) is 15.4. The average Bonchev–Trinajstić information content (AvgIpc) is 2.72. The predicted molar refractivity (Wildman–Crippen MR) is 114 cm³/mol. The molecule has 28 heavy (non-hydrogen) atoms. The van der Waals surface area contributed by atoms with Crippen LogP contribution in [0.4, 0.5) is 0 Å². The molecule has 6 heteroatoms. The third kappa shape index (κ3) is 9.95. The van der Waals surface area contributed by atoms with Gasteiger partial charge in [-0.1, -0.05) is 17.7 Å². The van der Waals surface area contributed by atoms with Crippen molar-refractivity contribution in [2.24, 2.45) is 10.9 Å². The van der Waals surface area contributed by atoms with Crippen LogP contribution in [0.15, 0.2) is 29.3 Å². The summed E-state index contributed by atoms with van der Waals surface area (Å²) in [5.41, 5.74) is 1.24. The predicted octanol–water partition coefficient (Wildman–Crippen LogP) is 3.15. The SMILES string of the molecule is CCNC(=NCCCOc1ccc(C)cc1)NCCCOCC1CCOCC1. The summed E-state index contributed by atoms with van der Waals surface area (Å²) in [4.78, 5) is 4.61. The Kier molecular flexibility index (Phi) is 11.4. The summed E-state index contributed by atoms with van der Waals surface area (Å²) >= 11 is 0. The van der Waals surface area contributed by atoms with Gasteiger partial charge in [-0.25, -0.2) is 0 Å². The molecule has 0 amide bonds. The molecule has 0 aromatic heterocycles. The molecule has 1 fully saturated rings. The van der Waals surface area contributed by atoms with Crippen LogP contribution in [0.25, 0.3) is 0 Å². The van der Waals surface area contributed by atoms with Crippen molar-refractivity contribution < 1.29 is 14.2 Å². The maximum atomic E-state index is 5.81. The third-order valence-electron chi connectivity index (χ3n) is 4.66. The van der Waals surface area contributed by atoms with Gasteiger partial charge < -0.3 is 24.8 Å². The number of aryl methyl sites for hydroxylation is 1. The van der Waals surface area contributed by atoms with Gasteiger partial charge in [-0.15, -0.1) is 0 Å². The number of nitrogens with zero attached hydrogens (tertiary/aromatic N) is 1. The van der Waals surface area contributed by atoms with Gasteiger partial charge in [0.25, 0.3) is 0 Å². The lowest BCUT2D eigenvalue weighted by molar-refractivity contribution is 0.0203. The molecule has 1 heterocycles. The Morgan fingerprint density at radius 2 is 1.89 bits per heavy atom. The summed E-state index contributed by atoms with van der Waals surface area (Å²) in [5, 5.41) is 6.66. The van der Waals surface area contributed by atoms with Crippen LogP contribution in [0.3, 0.4) is 0 Å². The fraction of sp³-hybridized carbons (Fsp3) is 0.682. The zero-order valence-corrected chi connectivity index (χ0v) is 17.5. The van der Waals surface area contributed by atoms with E-state index in [4.69, 9.17) is 14.2 Å². The highest BCUT2D eigenvalue weighted by molar-refractivity contribution is 5.79. The molecule has 0 saturated carbocycles. The van der Waals surface area contributed by atoms with Gasteiger partial charge in [0.1, 0.15) is 5.75 Å². The molecule has 1 saturated heterocycles. The summed E-state index contributed by atoms with van der Waals surface area (Å²) in [6, 6.07) is 8.14. The maximum Gasteiger partial charge on any atom is 0.191 e. The van der Waals surface area contributed by atoms with E-state index in [0.29, 0.717) is 12.5 Å². The monoisotopic (exact) mass is 391 g/mol. The van der Waals surface area contributed by atoms with Crippen molar-refractivity contribution in [2.75, 3.05) is 52.7 Å². The summed E-state index contributed by atoms with van der Waals surface area (Å²) in [7, 11) is 0. The van der Waals surface area contributed by atoms with Crippen LogP contribution in [-0.2, 0) is 9.47 Å². The molecule has 0 bridgehead atoms. The summed E-state index contributed by atoms with van der Waals surface area (Å²) in [5.74, 6) is 2.45. The topological polar surface area (TPSA) is 64.1 Å². The summed E-state index contributed by atoms with van der Waals surface area (Å²) in [6.07, 6.45) is 4.12. The van der Waals surface area contributed by atoms with Gasteiger partial charge in [0, 0.05) is 52.5 Å². The number of rotatable bonds is 12. The Hall–Kier alpha value is -1.79. The molecule has 0 atom stereocenters. The molecule has 1 aliphatic heterocycles. The van der Waals surface area contributed by atoms with Crippen LogP contribution < -0.4 is 15.4 Å². The minimum atomic E-state index is 0.669. The van der Waals surface area contributed by atoms with Crippen LogP contribution in [0.2, 0.25) is 0 Å². The van der Waals surface area contributed by atoms with Crippen molar-refractivity contribution in [1.82, 2.24) is 10.6 Å². The van der Waals surface area contributed by atoms with E-state index >= 15 is 0 Å². The zero-order chi connectivity index (χ0) is 19.9. The van der Waals surface area contributed by atoms with Gasteiger partial charge in [0.2, 0.25) is 0 Å². The maximum absolute atomic E-state index is 5.81. The fourth-order valence-electron chi connectivity index (χ4n) is 2.97. The Morgan fingerprint density at radius 3 is 2.64 bits per heavy atom. The van der Waals surface area contributed by atoms with Gasteiger partial charge in [0.05, 0.1) is 6.61 Å². The van der Waals surface area contributed by atoms with Crippen LogP contribution in [-0.4, -0.2) is 58.6 Å². The minimum absolute atomic E-state index is 0.669. The van der Waals surface area contributed by atoms with Crippen molar-refractivity contribution in [3.63, 3.8) is 0 Å². The van der Waals surface area contributed by atoms with E-state index in [1.54, 1.807) is 0 Å². The Labute approximate surface area is 170 Å². The summed E-state index contributed by atoms with van der Waals surface area (Å²) < 4.78 is 16.9. The number of hydrogen-bond acceptors (Lipinski definition) is 4. The van der Waals surface area contributed by atoms with E-state index in [-0.39, 0.29) is 0 Å². The average molecular weight is 392 g/mol. The second-order valence-corrected chi connectivity index (χ2v) is 7.19. The van der Waals surface area contributed by atoms with Gasteiger partial charge in [-0.3, -0.25) is 4.99 Å². The highest BCUT2D eigenvalue weighted by Crippen LogP contribution is 2.14. The molecule has 0 aliphatic carbocycles. The highest BCUT2D eigenvalue weighted by Gasteiger charge is 2.13. The van der Waals surface area contributed by atoms with Crippen LogP contribution in [0.1, 0.15) is 38.2 Å². The third-order valence-corrected chi connectivity index (χ3v) is 4.66. The van der Waals surface area contributed by atoms with Crippen LogP contribution >= 0.6 is 0 Å². The van der Waals surface area contributed by atoms with Crippen molar-refractivity contribution >= 4 is 5.96 Å². The lowest BCUT2D eigenvalue weighted by Crippen LogP contribution is -2.38. The molecule has 0 radical (unpaired) electrons. The van der Waals surface area contributed by atoms with E-state index in [9.17, 15) is 0 Å². The van der Waals surface area contributed by atoms with E-state index < -0.39 is 0 Å². The molecule has 1 aliphatic rings. The molecule has 6 nitrogen and oxygen atoms in total. The smallest absolute Gasteiger partial charge is 0.191 e. The molecule has 2 rings (SSSR count). The van der Waals surface area contributed by atoms with E-state index in [1.807, 2.05) is 12.1 Å². The molecule has 0 unspecified atom stereocenters. The largest absolute Gasteiger partial charge is 0.494 e. The quantitative estimate of drug-likeness (QED) is 0.326. The van der Waals surface area contributed by atoms with Crippen molar-refractivity contribution in [3.05, 3.63) is 29.8 Å². The first-order chi connectivity index (χ1) is 13.8. The number of ether oxygens (including phenoxy) is 3. The van der Waals surface area contributed by atoms with Gasteiger partial charge in [0.15, 0.2) is 5.96 Å². The highest BCUT2D eigenvalue weighted by atomic mass is 16.5. The molecular formula is C22H37N3O3. The number of nitrogens with one attached hydrogen (secondary N) is 2. The molecule has 1 aromatic rings. The first kappa shape index (κ1) is 22.5. The molecule has 2 N–H and O–H groups in total. The lowest BCUT2D eigenvalue weighted by Gasteiger charge is -2.21.